The Morgan fingerprint density at radius 1 is 0.308 bits per heavy atom. The first-order chi connectivity index (χ1) is 25.6. The fraction of sp³-hybridized carbons (Fsp3) is 0.0400. The highest BCUT2D eigenvalue weighted by atomic mass is 15.1. The average molecular weight is 669 g/mol. The van der Waals surface area contributed by atoms with Crippen molar-refractivity contribution in [2.45, 2.75) is 13.8 Å². The maximum Gasteiger partial charge on any atom is 0.0468 e. The summed E-state index contributed by atoms with van der Waals surface area (Å²) in [6.45, 7) is 4.33. The standard InChI is InChI=1S/C50H40N2/c1-37-33-38(2)35-50(34-37)52(48-30-23-43(24-31-48)41-11-5-3-6-12-41)47-28-21-40(22-29-47)18-17-39-19-26-46(27-20-39)51(45-15-7-4-8-16-45)49-32-25-42-13-9-10-14-44(42)36-49/h3-36H,1-2H3. The largest absolute Gasteiger partial charge is 0.310 e. The van der Waals surface area contributed by atoms with E-state index in [9.17, 15) is 0 Å². The first kappa shape index (κ1) is 32.6. The van der Waals surface area contributed by atoms with Crippen LogP contribution in [0.25, 0.3) is 34.1 Å². The zero-order chi connectivity index (χ0) is 35.3. The minimum Gasteiger partial charge on any atom is -0.310 e. The van der Waals surface area contributed by atoms with Gasteiger partial charge in [0, 0.05) is 34.1 Å². The minimum absolute atomic E-state index is 1.12. The lowest BCUT2D eigenvalue weighted by Gasteiger charge is -2.26. The molecular weight excluding hydrogens is 629 g/mol. The molecule has 0 radical (unpaired) electrons. The van der Waals surface area contributed by atoms with Crippen LogP contribution in [0.5, 0.6) is 0 Å². The van der Waals surface area contributed by atoms with Gasteiger partial charge in [0.1, 0.15) is 0 Å². The van der Waals surface area contributed by atoms with Crippen LogP contribution in [0, 0.1) is 13.8 Å². The average Bonchev–Trinajstić information content (AvgIpc) is 3.19. The number of anilines is 6. The highest BCUT2D eigenvalue weighted by Crippen LogP contribution is 2.38. The van der Waals surface area contributed by atoms with Crippen LogP contribution >= 0.6 is 0 Å². The summed E-state index contributed by atoms with van der Waals surface area (Å²) in [5.74, 6) is 0. The van der Waals surface area contributed by atoms with Crippen LogP contribution in [0.15, 0.2) is 194 Å². The van der Waals surface area contributed by atoms with Gasteiger partial charge in [-0.15, -0.1) is 0 Å². The predicted octanol–water partition coefficient (Wildman–Crippen LogP) is 14.2. The summed E-state index contributed by atoms with van der Waals surface area (Å²) in [4.78, 5) is 4.66. The van der Waals surface area contributed by atoms with E-state index in [1.165, 1.54) is 33.0 Å². The summed E-state index contributed by atoms with van der Waals surface area (Å²) >= 11 is 0. The molecule has 0 bridgehead atoms. The molecule has 250 valence electrons. The molecule has 0 fully saturated rings. The summed E-state index contributed by atoms with van der Waals surface area (Å²) in [5.41, 5.74) is 14.0. The maximum atomic E-state index is 2.34. The molecule has 0 heterocycles. The van der Waals surface area contributed by atoms with E-state index in [1.54, 1.807) is 0 Å². The van der Waals surface area contributed by atoms with Crippen LogP contribution in [0.4, 0.5) is 34.1 Å². The van der Waals surface area contributed by atoms with Crippen molar-refractivity contribution in [3.63, 3.8) is 0 Å². The molecule has 0 N–H and O–H groups in total. The van der Waals surface area contributed by atoms with E-state index >= 15 is 0 Å². The first-order valence-corrected chi connectivity index (χ1v) is 17.8. The monoisotopic (exact) mass is 668 g/mol. The smallest absolute Gasteiger partial charge is 0.0468 e. The van der Waals surface area contributed by atoms with E-state index in [0.717, 1.165) is 45.3 Å². The van der Waals surface area contributed by atoms with Gasteiger partial charge < -0.3 is 9.80 Å². The number of benzene rings is 8. The third-order valence-corrected chi connectivity index (χ3v) is 9.47. The molecule has 0 atom stereocenters. The lowest BCUT2D eigenvalue weighted by molar-refractivity contribution is 1.25. The number of rotatable bonds is 9. The van der Waals surface area contributed by atoms with Gasteiger partial charge in [-0.25, -0.2) is 0 Å². The van der Waals surface area contributed by atoms with E-state index in [0.29, 0.717) is 0 Å². The molecule has 2 nitrogen and oxygen atoms in total. The van der Waals surface area contributed by atoms with Gasteiger partial charge >= 0.3 is 0 Å². The number of nitrogens with zero attached hydrogens (tertiary/aromatic N) is 2. The Labute approximate surface area is 307 Å². The lowest BCUT2D eigenvalue weighted by Crippen LogP contribution is -2.10. The molecule has 8 rings (SSSR count). The van der Waals surface area contributed by atoms with E-state index in [1.807, 2.05) is 0 Å². The Hall–Kier alpha value is -6.64. The van der Waals surface area contributed by atoms with Crippen molar-refractivity contribution in [2.75, 3.05) is 9.80 Å². The third-order valence-electron chi connectivity index (χ3n) is 9.47. The predicted molar refractivity (Wildman–Crippen MR) is 224 cm³/mol. The maximum absolute atomic E-state index is 2.34. The van der Waals surface area contributed by atoms with Gasteiger partial charge in [-0.05, 0) is 131 Å². The molecule has 0 aliphatic heterocycles. The number of hydrogen-bond donors (Lipinski definition) is 0. The van der Waals surface area contributed by atoms with Crippen molar-refractivity contribution >= 4 is 57.0 Å². The Bertz CT molecular complexity index is 2430. The van der Waals surface area contributed by atoms with E-state index in [4.69, 9.17) is 0 Å². The zero-order valence-corrected chi connectivity index (χ0v) is 29.5. The van der Waals surface area contributed by atoms with Crippen LogP contribution in [-0.2, 0) is 0 Å². The molecule has 52 heavy (non-hydrogen) atoms. The highest BCUT2D eigenvalue weighted by Gasteiger charge is 2.15. The van der Waals surface area contributed by atoms with Crippen molar-refractivity contribution in [1.82, 2.24) is 0 Å². The van der Waals surface area contributed by atoms with Gasteiger partial charge in [-0.3, -0.25) is 0 Å². The Morgan fingerprint density at radius 3 is 1.31 bits per heavy atom. The number of para-hydroxylation sites is 1. The van der Waals surface area contributed by atoms with Gasteiger partial charge in [0.05, 0.1) is 0 Å². The molecule has 0 saturated heterocycles. The van der Waals surface area contributed by atoms with Gasteiger partial charge in [-0.2, -0.15) is 0 Å². The molecule has 0 unspecified atom stereocenters. The molecule has 0 aromatic heterocycles. The number of fused-ring (bicyclic) bond motifs is 1. The summed E-state index contributed by atoms with van der Waals surface area (Å²) in [6.07, 6.45) is 4.37. The topological polar surface area (TPSA) is 6.48 Å². The van der Waals surface area contributed by atoms with Crippen molar-refractivity contribution < 1.29 is 0 Å². The molecule has 8 aromatic rings. The molecule has 2 heteroatoms. The van der Waals surface area contributed by atoms with Crippen LogP contribution in [0.1, 0.15) is 22.3 Å². The Morgan fingerprint density at radius 2 is 0.731 bits per heavy atom. The second-order valence-electron chi connectivity index (χ2n) is 13.3. The fourth-order valence-corrected chi connectivity index (χ4v) is 6.96. The second-order valence-corrected chi connectivity index (χ2v) is 13.3. The van der Waals surface area contributed by atoms with Crippen LogP contribution in [0.3, 0.4) is 0 Å². The summed E-state index contributed by atoms with van der Waals surface area (Å²) < 4.78 is 0. The van der Waals surface area contributed by atoms with Gasteiger partial charge in [-0.1, -0.05) is 133 Å². The second kappa shape index (κ2) is 14.7. The molecule has 0 spiro atoms. The SMILES string of the molecule is Cc1cc(C)cc(N(c2ccc(C=Cc3ccc(N(c4ccccc4)c4ccc5ccccc5c4)cc3)cc2)c2ccc(-c3ccccc3)cc2)c1. The first-order valence-electron chi connectivity index (χ1n) is 17.8. The van der Waals surface area contributed by atoms with Gasteiger partial charge in [0.15, 0.2) is 0 Å². The summed E-state index contributed by atoms with van der Waals surface area (Å²) in [6, 6.07) is 69.5. The third kappa shape index (κ3) is 7.14. The van der Waals surface area contributed by atoms with Crippen LogP contribution in [-0.4, -0.2) is 0 Å². The molecule has 0 amide bonds. The molecule has 0 saturated carbocycles. The number of hydrogen-bond acceptors (Lipinski definition) is 2. The molecule has 0 aliphatic rings. The van der Waals surface area contributed by atoms with Crippen molar-refractivity contribution in [3.8, 4) is 11.1 Å². The zero-order valence-electron chi connectivity index (χ0n) is 29.5. The van der Waals surface area contributed by atoms with Gasteiger partial charge in [0.2, 0.25) is 0 Å². The normalized spacial score (nSPS) is 11.2. The highest BCUT2D eigenvalue weighted by molar-refractivity contribution is 5.89. The molecule has 8 aromatic carbocycles. The van der Waals surface area contributed by atoms with Crippen LogP contribution in [0.2, 0.25) is 0 Å². The van der Waals surface area contributed by atoms with Crippen molar-refractivity contribution in [3.05, 3.63) is 216 Å². The summed E-state index contributed by atoms with van der Waals surface area (Å²) in [5, 5.41) is 2.47. The number of aryl methyl sites for hydroxylation is 2. The lowest BCUT2D eigenvalue weighted by atomic mass is 10.0. The van der Waals surface area contributed by atoms with Gasteiger partial charge in [0.25, 0.3) is 0 Å². The van der Waals surface area contributed by atoms with Crippen molar-refractivity contribution in [2.24, 2.45) is 0 Å². The van der Waals surface area contributed by atoms with E-state index in [-0.39, 0.29) is 0 Å². The van der Waals surface area contributed by atoms with E-state index in [2.05, 4.69) is 230 Å². The minimum atomic E-state index is 1.12. The molecular formula is C50H40N2. The van der Waals surface area contributed by atoms with Crippen molar-refractivity contribution in [1.29, 1.82) is 0 Å². The Kier molecular flexibility index (Phi) is 9.19. The quantitative estimate of drug-likeness (QED) is 0.141. The van der Waals surface area contributed by atoms with E-state index < -0.39 is 0 Å². The van der Waals surface area contributed by atoms with Crippen LogP contribution < -0.4 is 9.80 Å². The molecule has 0 aliphatic carbocycles. The Balaban J connectivity index is 1.05. The fourth-order valence-electron chi connectivity index (χ4n) is 6.96. The summed E-state index contributed by atoms with van der Waals surface area (Å²) in [7, 11) is 0.